The first-order chi connectivity index (χ1) is 10.9. The molecule has 0 N–H and O–H groups in total. The monoisotopic (exact) mass is 386 g/mol. The molecule has 0 saturated carbocycles. The van der Waals surface area contributed by atoms with Gasteiger partial charge in [0.15, 0.2) is 0 Å². The van der Waals surface area contributed by atoms with E-state index in [2.05, 4.69) is 84.9 Å². The first kappa shape index (κ1) is 17.9. The minimum atomic E-state index is -0.558. The largest absolute Gasteiger partial charge is 0.380 e. The first-order valence-corrected chi connectivity index (χ1v) is 8.71. The van der Waals surface area contributed by atoms with Crippen LogP contribution in [0.3, 0.4) is 0 Å². The zero-order valence-corrected chi connectivity index (χ0v) is 15.7. The van der Waals surface area contributed by atoms with Crippen LogP contribution in [-0.2, 0) is 11.3 Å². The van der Waals surface area contributed by atoms with E-state index in [9.17, 15) is 0 Å². The van der Waals surface area contributed by atoms with Crippen molar-refractivity contribution in [2.75, 3.05) is 7.11 Å². The van der Waals surface area contributed by atoms with Crippen molar-refractivity contribution >= 4 is 40.8 Å². The molecule has 0 aliphatic heterocycles. The molecule has 0 aliphatic carbocycles. The zero-order chi connectivity index (χ0) is 15.2. The zero-order valence-electron chi connectivity index (χ0n) is 13.1. The number of ether oxygens (including phenoxy) is 1. The van der Waals surface area contributed by atoms with Crippen LogP contribution in [0, 0.1) is 0 Å². The lowest BCUT2D eigenvalue weighted by atomic mass is 10.2. The SMILES string of the molecule is Br.COCc1ccccc1P(c1ccccc1)c1ccccc1. The highest BCUT2D eigenvalue weighted by Gasteiger charge is 2.18. The Morgan fingerprint density at radius 3 is 1.70 bits per heavy atom. The molecule has 3 aromatic rings. The molecule has 0 aromatic heterocycles. The van der Waals surface area contributed by atoms with Gasteiger partial charge in [0, 0.05) is 7.11 Å². The maximum Gasteiger partial charge on any atom is 0.0719 e. The highest BCUT2D eigenvalue weighted by molar-refractivity contribution is 8.93. The molecule has 0 radical (unpaired) electrons. The number of hydrogen-bond acceptors (Lipinski definition) is 1. The van der Waals surface area contributed by atoms with Crippen LogP contribution >= 0.6 is 24.9 Å². The fourth-order valence-corrected chi connectivity index (χ4v) is 5.04. The van der Waals surface area contributed by atoms with Crippen molar-refractivity contribution in [3.8, 4) is 0 Å². The second-order valence-electron chi connectivity index (χ2n) is 5.07. The van der Waals surface area contributed by atoms with Crippen LogP contribution in [-0.4, -0.2) is 7.11 Å². The summed E-state index contributed by atoms with van der Waals surface area (Å²) < 4.78 is 5.40. The topological polar surface area (TPSA) is 9.23 Å². The second-order valence-corrected chi connectivity index (χ2v) is 7.25. The quantitative estimate of drug-likeness (QED) is 0.598. The van der Waals surface area contributed by atoms with Crippen LogP contribution < -0.4 is 15.9 Å². The van der Waals surface area contributed by atoms with Crippen LogP contribution in [0.2, 0.25) is 0 Å². The average molecular weight is 387 g/mol. The molecule has 3 heteroatoms. The highest BCUT2D eigenvalue weighted by atomic mass is 79.9. The molecule has 118 valence electrons. The number of rotatable bonds is 5. The smallest absolute Gasteiger partial charge is 0.0719 e. The standard InChI is InChI=1S/C20H19OP.BrH/c1-21-16-17-10-8-9-15-20(17)22(18-11-4-2-5-12-18)19-13-6-3-7-14-19;/h2-15H,16H2,1H3;1H. The summed E-state index contributed by atoms with van der Waals surface area (Å²) in [5.41, 5.74) is 1.27. The van der Waals surface area contributed by atoms with E-state index in [0.717, 1.165) is 0 Å². The van der Waals surface area contributed by atoms with Gasteiger partial charge in [0.25, 0.3) is 0 Å². The number of benzene rings is 3. The Balaban J connectivity index is 0.00000192. The summed E-state index contributed by atoms with van der Waals surface area (Å²) in [6.07, 6.45) is 0. The van der Waals surface area contributed by atoms with Gasteiger partial charge in [-0.3, -0.25) is 0 Å². The lowest BCUT2D eigenvalue weighted by Gasteiger charge is -2.22. The molecule has 3 aromatic carbocycles. The van der Waals surface area contributed by atoms with Gasteiger partial charge in [0.05, 0.1) is 6.61 Å². The van der Waals surface area contributed by atoms with Gasteiger partial charge in [0.1, 0.15) is 0 Å². The van der Waals surface area contributed by atoms with E-state index < -0.39 is 7.92 Å². The summed E-state index contributed by atoms with van der Waals surface area (Å²) in [5.74, 6) is 0. The average Bonchev–Trinajstić information content (AvgIpc) is 2.59. The molecule has 0 atom stereocenters. The molecule has 0 heterocycles. The van der Waals surface area contributed by atoms with Gasteiger partial charge in [-0.2, -0.15) is 0 Å². The van der Waals surface area contributed by atoms with Gasteiger partial charge in [-0.15, -0.1) is 17.0 Å². The summed E-state index contributed by atoms with van der Waals surface area (Å²) in [4.78, 5) is 0. The molecule has 0 aliphatic rings. The van der Waals surface area contributed by atoms with E-state index in [1.54, 1.807) is 7.11 Å². The van der Waals surface area contributed by atoms with E-state index in [0.29, 0.717) is 6.61 Å². The predicted octanol–water partition coefficient (Wildman–Crippen LogP) is 4.17. The van der Waals surface area contributed by atoms with E-state index in [4.69, 9.17) is 4.74 Å². The van der Waals surface area contributed by atoms with Crippen molar-refractivity contribution in [1.82, 2.24) is 0 Å². The lowest BCUT2D eigenvalue weighted by Crippen LogP contribution is -2.23. The summed E-state index contributed by atoms with van der Waals surface area (Å²) in [5, 5.41) is 4.11. The molecule has 0 saturated heterocycles. The van der Waals surface area contributed by atoms with Crippen LogP contribution in [0.1, 0.15) is 5.56 Å². The lowest BCUT2D eigenvalue weighted by molar-refractivity contribution is 0.185. The summed E-state index contributed by atoms with van der Waals surface area (Å²) in [6.45, 7) is 0.647. The van der Waals surface area contributed by atoms with Crippen LogP contribution in [0.15, 0.2) is 84.9 Å². The van der Waals surface area contributed by atoms with E-state index in [1.165, 1.54) is 21.5 Å². The van der Waals surface area contributed by atoms with Gasteiger partial charge >= 0.3 is 0 Å². The second kappa shape index (κ2) is 8.98. The van der Waals surface area contributed by atoms with Crippen molar-refractivity contribution in [3.63, 3.8) is 0 Å². The maximum atomic E-state index is 5.40. The van der Waals surface area contributed by atoms with Crippen molar-refractivity contribution < 1.29 is 4.74 Å². The third kappa shape index (κ3) is 4.29. The Bertz CT molecular complexity index is 676. The Morgan fingerprint density at radius 2 is 1.17 bits per heavy atom. The fraction of sp³-hybridized carbons (Fsp3) is 0.100. The Morgan fingerprint density at radius 1 is 0.696 bits per heavy atom. The van der Waals surface area contributed by atoms with Crippen LogP contribution in [0.4, 0.5) is 0 Å². The van der Waals surface area contributed by atoms with E-state index in [1.807, 2.05) is 0 Å². The minimum absolute atomic E-state index is 0. The normalized spacial score (nSPS) is 10.3. The van der Waals surface area contributed by atoms with E-state index in [-0.39, 0.29) is 17.0 Å². The van der Waals surface area contributed by atoms with Gasteiger partial charge < -0.3 is 4.74 Å². The Kier molecular flexibility index (Phi) is 6.98. The maximum absolute atomic E-state index is 5.40. The summed E-state index contributed by atoms with van der Waals surface area (Å²) in [6, 6.07) is 30.1. The molecule has 0 bridgehead atoms. The molecular weight excluding hydrogens is 367 g/mol. The molecule has 1 nitrogen and oxygen atoms in total. The molecular formula is C20H20BrOP. The summed E-state index contributed by atoms with van der Waals surface area (Å²) in [7, 11) is 1.20. The van der Waals surface area contributed by atoms with Gasteiger partial charge in [-0.05, 0) is 29.4 Å². The molecule has 0 spiro atoms. The van der Waals surface area contributed by atoms with Gasteiger partial charge in [0.2, 0.25) is 0 Å². The van der Waals surface area contributed by atoms with Gasteiger partial charge in [-0.1, -0.05) is 84.9 Å². The molecule has 0 fully saturated rings. The van der Waals surface area contributed by atoms with Crippen molar-refractivity contribution in [2.24, 2.45) is 0 Å². The van der Waals surface area contributed by atoms with E-state index >= 15 is 0 Å². The van der Waals surface area contributed by atoms with Crippen LogP contribution in [0.25, 0.3) is 0 Å². The van der Waals surface area contributed by atoms with Crippen LogP contribution in [0.5, 0.6) is 0 Å². The highest BCUT2D eigenvalue weighted by Crippen LogP contribution is 2.34. The molecule has 3 rings (SSSR count). The molecule has 0 unspecified atom stereocenters. The van der Waals surface area contributed by atoms with Gasteiger partial charge in [-0.25, -0.2) is 0 Å². The number of methoxy groups -OCH3 is 1. The van der Waals surface area contributed by atoms with Crippen molar-refractivity contribution in [1.29, 1.82) is 0 Å². The third-order valence-corrected chi connectivity index (χ3v) is 6.11. The molecule has 23 heavy (non-hydrogen) atoms. The minimum Gasteiger partial charge on any atom is -0.380 e. The number of hydrogen-bond donors (Lipinski definition) is 0. The molecule has 0 amide bonds. The van der Waals surface area contributed by atoms with Crippen molar-refractivity contribution in [2.45, 2.75) is 6.61 Å². The predicted molar refractivity (Wildman–Crippen MR) is 106 cm³/mol. The summed E-state index contributed by atoms with van der Waals surface area (Å²) >= 11 is 0. The number of halogens is 1. The Hall–Kier alpha value is -1.47. The fourth-order valence-electron chi connectivity index (χ4n) is 2.59. The first-order valence-electron chi connectivity index (χ1n) is 7.37. The van der Waals surface area contributed by atoms with Crippen molar-refractivity contribution in [3.05, 3.63) is 90.5 Å². The Labute approximate surface area is 149 Å². The third-order valence-electron chi connectivity index (χ3n) is 3.56.